The highest BCUT2D eigenvalue weighted by Gasteiger charge is 2.47. The third-order valence-corrected chi connectivity index (χ3v) is 8.50. The van der Waals surface area contributed by atoms with E-state index < -0.39 is 41.7 Å². The monoisotopic (exact) mass is 556 g/mol. The molecule has 0 radical (unpaired) electrons. The summed E-state index contributed by atoms with van der Waals surface area (Å²) in [5.41, 5.74) is -4.16. The van der Waals surface area contributed by atoms with Crippen LogP contribution in [0.5, 0.6) is 5.75 Å². The number of carbonyl (C=O) groups excluding carboxylic acids is 1. The molecule has 2 aromatic carbocycles. The number of phenolic OH excluding ortho intramolecular Hbond substituents is 1. The second kappa shape index (κ2) is 9.45. The Bertz CT molecular complexity index is 1630. The van der Waals surface area contributed by atoms with E-state index in [-0.39, 0.29) is 32.8 Å². The van der Waals surface area contributed by atoms with Crippen molar-refractivity contribution in [2.24, 2.45) is 0 Å². The number of carbonyl (C=O) groups is 1. The molecule has 13 heteroatoms. The molecule has 0 atom stereocenters. The first-order chi connectivity index (χ1) is 16.9. The molecule has 3 rings (SSSR count). The number of hydrogen-bond acceptors (Lipinski definition) is 7. The molecule has 0 unspecified atom stereocenters. The quantitative estimate of drug-likeness (QED) is 0.468. The van der Waals surface area contributed by atoms with Gasteiger partial charge in [0.15, 0.2) is 9.84 Å². The van der Waals surface area contributed by atoms with Gasteiger partial charge in [-0.25, -0.2) is 16.8 Å². The zero-order chi connectivity index (χ0) is 28.1. The van der Waals surface area contributed by atoms with E-state index in [2.05, 4.69) is 10.3 Å². The first-order valence-corrected chi connectivity index (χ1v) is 14.0. The predicted octanol–water partition coefficient (Wildman–Crippen LogP) is 4.64. The van der Waals surface area contributed by atoms with Crippen molar-refractivity contribution in [2.75, 3.05) is 11.6 Å². The van der Waals surface area contributed by atoms with Gasteiger partial charge in [0.05, 0.1) is 15.4 Å². The van der Waals surface area contributed by atoms with Gasteiger partial charge in [0.1, 0.15) is 5.75 Å². The molecule has 0 saturated carbocycles. The molecule has 0 spiro atoms. The summed E-state index contributed by atoms with van der Waals surface area (Å²) in [6, 6.07) is 3.71. The van der Waals surface area contributed by atoms with Gasteiger partial charge in [-0.2, -0.15) is 13.2 Å². The molecule has 0 aliphatic carbocycles. The maximum absolute atomic E-state index is 13.3. The van der Waals surface area contributed by atoms with Gasteiger partial charge in [-0.15, -0.1) is 0 Å². The standard InChI is InChI=1S/C24H23F3N2O6S2/c1-12-8-16(37(34,35)24(25,26)27)6-7-18(12)29-23(31)21-15(4)19(36(5,32)33)9-17(22(21)30)20-13(2)10-28-11-14(20)3/h6-11,30H,1-5H3,(H,29,31). The minimum absolute atomic E-state index is 0.00358. The third-order valence-electron chi connectivity index (χ3n) is 5.79. The van der Waals surface area contributed by atoms with Crippen molar-refractivity contribution in [3.63, 3.8) is 0 Å². The Hall–Kier alpha value is -3.45. The van der Waals surface area contributed by atoms with Crippen LogP contribution in [0.1, 0.15) is 32.6 Å². The maximum atomic E-state index is 13.3. The predicted molar refractivity (Wildman–Crippen MR) is 131 cm³/mol. The van der Waals surface area contributed by atoms with Crippen molar-refractivity contribution >= 4 is 31.3 Å². The van der Waals surface area contributed by atoms with E-state index >= 15 is 0 Å². The number of rotatable bonds is 5. The van der Waals surface area contributed by atoms with Gasteiger partial charge in [0.2, 0.25) is 0 Å². The van der Waals surface area contributed by atoms with Crippen LogP contribution in [-0.2, 0) is 19.7 Å². The number of anilines is 1. The molecule has 37 heavy (non-hydrogen) atoms. The first-order valence-electron chi connectivity index (χ1n) is 10.6. The lowest BCUT2D eigenvalue weighted by Crippen LogP contribution is -2.23. The highest BCUT2D eigenvalue weighted by Crippen LogP contribution is 2.41. The Morgan fingerprint density at radius 2 is 1.51 bits per heavy atom. The molecule has 8 nitrogen and oxygen atoms in total. The molecule has 1 heterocycles. The van der Waals surface area contributed by atoms with E-state index in [0.29, 0.717) is 22.8 Å². The number of pyridine rings is 1. The number of halogens is 3. The van der Waals surface area contributed by atoms with Crippen LogP contribution in [0.4, 0.5) is 18.9 Å². The summed E-state index contributed by atoms with van der Waals surface area (Å²) in [6.45, 7) is 6.04. The van der Waals surface area contributed by atoms with Crippen molar-refractivity contribution < 1.29 is 39.9 Å². The Morgan fingerprint density at radius 3 is 2.00 bits per heavy atom. The number of aromatic hydroxyl groups is 1. The minimum atomic E-state index is -5.60. The fourth-order valence-corrected chi connectivity index (χ4v) is 5.82. The third kappa shape index (κ3) is 5.18. The van der Waals surface area contributed by atoms with E-state index in [1.165, 1.54) is 32.3 Å². The van der Waals surface area contributed by atoms with E-state index in [1.54, 1.807) is 13.8 Å². The summed E-state index contributed by atoms with van der Waals surface area (Å²) >= 11 is 0. The number of hydrogen-bond donors (Lipinski definition) is 2. The fraction of sp³-hybridized carbons (Fsp3) is 0.250. The van der Waals surface area contributed by atoms with E-state index in [9.17, 15) is 39.9 Å². The van der Waals surface area contributed by atoms with Crippen LogP contribution < -0.4 is 5.32 Å². The van der Waals surface area contributed by atoms with Gasteiger partial charge in [0, 0.05) is 29.9 Å². The number of benzene rings is 2. The Morgan fingerprint density at radius 1 is 0.946 bits per heavy atom. The maximum Gasteiger partial charge on any atom is 0.501 e. The van der Waals surface area contributed by atoms with E-state index in [1.807, 2.05) is 0 Å². The van der Waals surface area contributed by atoms with Crippen LogP contribution in [-0.4, -0.2) is 44.6 Å². The van der Waals surface area contributed by atoms with Crippen molar-refractivity contribution in [2.45, 2.75) is 43.0 Å². The highest BCUT2D eigenvalue weighted by molar-refractivity contribution is 7.92. The van der Waals surface area contributed by atoms with Crippen molar-refractivity contribution in [1.82, 2.24) is 4.98 Å². The molecule has 0 aliphatic rings. The lowest BCUT2D eigenvalue weighted by Gasteiger charge is -2.19. The second-order valence-electron chi connectivity index (χ2n) is 8.57. The lowest BCUT2D eigenvalue weighted by atomic mass is 9.93. The fourth-order valence-electron chi connectivity index (χ4n) is 3.98. The summed E-state index contributed by atoms with van der Waals surface area (Å²) in [6.07, 6.45) is 3.98. The summed E-state index contributed by atoms with van der Waals surface area (Å²) < 4.78 is 87.2. The van der Waals surface area contributed by atoms with Crippen LogP contribution in [0.25, 0.3) is 11.1 Å². The first kappa shape index (κ1) is 28.1. The Balaban J connectivity index is 2.18. The van der Waals surface area contributed by atoms with Crippen molar-refractivity contribution in [3.05, 3.63) is 64.5 Å². The van der Waals surface area contributed by atoms with Crippen molar-refractivity contribution in [3.8, 4) is 16.9 Å². The molecule has 0 bridgehead atoms. The van der Waals surface area contributed by atoms with Crippen LogP contribution in [0, 0.1) is 27.7 Å². The molecular formula is C24H23F3N2O6S2. The number of sulfone groups is 2. The number of nitrogens with one attached hydrogen (secondary N) is 1. The molecular weight excluding hydrogens is 533 g/mol. The van der Waals surface area contributed by atoms with Gasteiger partial charge >= 0.3 is 5.51 Å². The smallest absolute Gasteiger partial charge is 0.501 e. The van der Waals surface area contributed by atoms with E-state index in [0.717, 1.165) is 18.4 Å². The number of aryl methyl sites for hydroxylation is 3. The van der Waals surface area contributed by atoms with Gasteiger partial charge in [0.25, 0.3) is 15.7 Å². The van der Waals surface area contributed by atoms with Crippen molar-refractivity contribution in [1.29, 1.82) is 0 Å². The molecule has 0 saturated heterocycles. The molecule has 0 aliphatic heterocycles. The van der Waals surface area contributed by atoms with Crippen LogP contribution in [0.2, 0.25) is 0 Å². The number of aromatic nitrogens is 1. The zero-order valence-electron chi connectivity index (χ0n) is 20.4. The molecule has 2 N–H and O–H groups in total. The summed E-state index contributed by atoms with van der Waals surface area (Å²) in [7, 11) is -9.46. The van der Waals surface area contributed by atoms with Gasteiger partial charge < -0.3 is 10.4 Å². The van der Waals surface area contributed by atoms with Crippen LogP contribution >= 0.6 is 0 Å². The van der Waals surface area contributed by atoms with Crippen LogP contribution in [0.3, 0.4) is 0 Å². The molecule has 0 fully saturated rings. The molecule has 198 valence electrons. The molecule has 1 amide bonds. The highest BCUT2D eigenvalue weighted by atomic mass is 32.2. The average molecular weight is 557 g/mol. The van der Waals surface area contributed by atoms with Gasteiger partial charge in [-0.05, 0) is 79.8 Å². The topological polar surface area (TPSA) is 130 Å². The number of nitrogens with zero attached hydrogens (tertiary/aromatic N) is 1. The minimum Gasteiger partial charge on any atom is -0.506 e. The summed E-state index contributed by atoms with van der Waals surface area (Å²) in [4.78, 5) is 16.2. The lowest BCUT2D eigenvalue weighted by molar-refractivity contribution is -0.0436. The zero-order valence-corrected chi connectivity index (χ0v) is 22.0. The largest absolute Gasteiger partial charge is 0.506 e. The molecule has 3 aromatic rings. The second-order valence-corrected chi connectivity index (χ2v) is 12.5. The Kier molecular flexibility index (Phi) is 7.18. The molecule has 1 aromatic heterocycles. The van der Waals surface area contributed by atoms with E-state index in [4.69, 9.17) is 0 Å². The Labute approximate surface area is 212 Å². The average Bonchev–Trinajstić information content (AvgIpc) is 2.74. The van der Waals surface area contributed by atoms with Gasteiger partial charge in [-0.1, -0.05) is 0 Å². The van der Waals surface area contributed by atoms with Gasteiger partial charge in [-0.3, -0.25) is 9.78 Å². The number of amides is 1. The SMILES string of the molecule is Cc1cc(S(=O)(=O)C(F)(F)F)ccc1NC(=O)c1c(C)c(S(C)(=O)=O)cc(-c2c(C)cncc2C)c1O. The number of alkyl halides is 3. The van der Waals surface area contributed by atoms with Crippen LogP contribution in [0.15, 0.2) is 46.5 Å². The summed E-state index contributed by atoms with van der Waals surface area (Å²) in [5, 5.41) is 13.6. The summed E-state index contributed by atoms with van der Waals surface area (Å²) in [5.74, 6) is -1.45. The normalized spacial score (nSPS) is 12.4. The number of phenols is 1.